The average molecular weight is 266 g/mol. The van der Waals surface area contributed by atoms with Gasteiger partial charge in [-0.05, 0) is 18.4 Å². The Labute approximate surface area is 117 Å². The molecule has 0 spiro atoms. The maximum absolute atomic E-state index is 11.8. The van der Waals surface area contributed by atoms with Gasteiger partial charge >= 0.3 is 5.91 Å². The molecule has 1 amide bonds. The van der Waals surface area contributed by atoms with Crippen molar-refractivity contribution in [1.29, 1.82) is 0 Å². The van der Waals surface area contributed by atoms with E-state index in [2.05, 4.69) is 22.7 Å². The maximum atomic E-state index is 11.8. The zero-order chi connectivity index (χ0) is 13.8. The highest BCUT2D eigenvalue weighted by atomic mass is 16.2. The number of pyridine rings is 1. The second-order valence-electron chi connectivity index (χ2n) is 4.80. The molecule has 2 aromatic rings. The molecule has 0 bridgehead atoms. The minimum atomic E-state index is -0.113. The van der Waals surface area contributed by atoms with Gasteiger partial charge in [0.2, 0.25) is 6.54 Å². The monoisotopic (exact) mass is 266 g/mol. The van der Waals surface area contributed by atoms with Gasteiger partial charge in [0.05, 0.1) is 5.71 Å². The van der Waals surface area contributed by atoms with E-state index < -0.39 is 0 Å². The molecule has 1 aliphatic carbocycles. The van der Waals surface area contributed by atoms with Crippen LogP contribution in [0.5, 0.6) is 0 Å². The molecule has 0 fully saturated rings. The highest BCUT2D eigenvalue weighted by Crippen LogP contribution is 2.21. The van der Waals surface area contributed by atoms with Crippen molar-refractivity contribution >= 4 is 11.6 Å². The summed E-state index contributed by atoms with van der Waals surface area (Å²) in [5, 5.41) is 4.26. The first kappa shape index (κ1) is 12.5. The fourth-order valence-electron chi connectivity index (χ4n) is 2.39. The molecule has 1 N–H and O–H groups in total. The lowest BCUT2D eigenvalue weighted by Gasteiger charge is -2.01. The van der Waals surface area contributed by atoms with Gasteiger partial charge < -0.3 is 0 Å². The predicted octanol–water partition coefficient (Wildman–Crippen LogP) is 1.44. The zero-order valence-electron chi connectivity index (χ0n) is 11.1. The molecule has 100 valence electrons. The zero-order valence-corrected chi connectivity index (χ0v) is 11.1. The number of benzene rings is 1. The molecule has 1 heterocycles. The van der Waals surface area contributed by atoms with Crippen LogP contribution >= 0.6 is 0 Å². The topological polar surface area (TPSA) is 45.3 Å². The van der Waals surface area contributed by atoms with E-state index in [1.165, 1.54) is 5.56 Å². The average Bonchev–Trinajstić information content (AvgIpc) is 2.89. The first-order valence-electron chi connectivity index (χ1n) is 6.71. The minimum Gasteiger partial charge on any atom is -0.266 e. The second-order valence-corrected chi connectivity index (χ2v) is 4.80. The minimum absolute atomic E-state index is 0.113. The summed E-state index contributed by atoms with van der Waals surface area (Å²) >= 11 is 0. The summed E-state index contributed by atoms with van der Waals surface area (Å²) in [5.41, 5.74) is 6.06. The van der Waals surface area contributed by atoms with Crippen LogP contribution in [0.2, 0.25) is 0 Å². The number of hydrazone groups is 1. The van der Waals surface area contributed by atoms with E-state index in [0.717, 1.165) is 24.1 Å². The van der Waals surface area contributed by atoms with Crippen LogP contribution in [-0.2, 0) is 17.8 Å². The number of aromatic nitrogens is 1. The molecule has 0 aliphatic heterocycles. The van der Waals surface area contributed by atoms with Crippen LogP contribution in [0, 0.1) is 0 Å². The quantitative estimate of drug-likeness (QED) is 0.663. The third kappa shape index (κ3) is 2.74. The molecule has 4 nitrogen and oxygen atoms in total. The molecule has 1 aromatic carbocycles. The molecule has 0 unspecified atom stereocenters. The maximum Gasteiger partial charge on any atom is 0.305 e. The Morgan fingerprint density at radius 1 is 1.10 bits per heavy atom. The van der Waals surface area contributed by atoms with Gasteiger partial charge in [-0.2, -0.15) is 9.67 Å². The van der Waals surface area contributed by atoms with Gasteiger partial charge in [0.25, 0.3) is 0 Å². The van der Waals surface area contributed by atoms with E-state index in [-0.39, 0.29) is 12.5 Å². The largest absolute Gasteiger partial charge is 0.305 e. The smallest absolute Gasteiger partial charge is 0.266 e. The lowest BCUT2D eigenvalue weighted by molar-refractivity contribution is -0.684. The van der Waals surface area contributed by atoms with Gasteiger partial charge in [-0.15, -0.1) is 0 Å². The summed E-state index contributed by atoms with van der Waals surface area (Å²) in [4.78, 5) is 11.8. The summed E-state index contributed by atoms with van der Waals surface area (Å²) in [6.45, 7) is 0.277. The van der Waals surface area contributed by atoms with Crippen LogP contribution in [0.1, 0.15) is 17.5 Å². The van der Waals surface area contributed by atoms with Crippen molar-refractivity contribution in [3.05, 3.63) is 66.0 Å². The molecule has 3 rings (SSSR count). The number of carbonyl (C=O) groups is 1. The van der Waals surface area contributed by atoms with Crippen molar-refractivity contribution in [1.82, 2.24) is 5.43 Å². The van der Waals surface area contributed by atoms with Gasteiger partial charge in [-0.25, -0.2) is 5.43 Å². The number of aryl methyl sites for hydroxylation is 1. The molecular formula is C16H16N3O+. The van der Waals surface area contributed by atoms with E-state index in [1.807, 2.05) is 47.3 Å². The van der Waals surface area contributed by atoms with E-state index >= 15 is 0 Å². The second kappa shape index (κ2) is 5.65. The number of amides is 1. The Kier molecular flexibility index (Phi) is 3.54. The van der Waals surface area contributed by atoms with Crippen LogP contribution < -0.4 is 9.99 Å². The standard InChI is InChI=1S/C16H15N3O/c20-16(12-19-10-4-1-5-11-19)18-17-15-9-8-13-6-2-3-7-14(13)15/h1-7,10-11H,8-9,12H2/p+1/b17-15+. The van der Waals surface area contributed by atoms with E-state index in [4.69, 9.17) is 0 Å². The van der Waals surface area contributed by atoms with Gasteiger partial charge in [-0.3, -0.25) is 4.79 Å². The van der Waals surface area contributed by atoms with Crippen LogP contribution in [0.25, 0.3) is 0 Å². The molecule has 1 aromatic heterocycles. The number of hydrogen-bond donors (Lipinski definition) is 1. The van der Waals surface area contributed by atoms with E-state index in [0.29, 0.717) is 0 Å². The molecule has 0 radical (unpaired) electrons. The third-order valence-corrected chi connectivity index (χ3v) is 3.38. The number of carbonyl (C=O) groups excluding carboxylic acids is 1. The SMILES string of the molecule is O=C(C[n+]1ccccc1)N/N=C1\CCc2ccccc21. The Morgan fingerprint density at radius 2 is 1.90 bits per heavy atom. The highest BCUT2D eigenvalue weighted by Gasteiger charge is 2.17. The van der Waals surface area contributed by atoms with Crippen molar-refractivity contribution in [2.24, 2.45) is 5.10 Å². The molecule has 4 heteroatoms. The van der Waals surface area contributed by atoms with Crippen LogP contribution in [0.3, 0.4) is 0 Å². The van der Waals surface area contributed by atoms with Gasteiger partial charge in [0.1, 0.15) is 0 Å². The van der Waals surface area contributed by atoms with Crippen molar-refractivity contribution in [3.8, 4) is 0 Å². The van der Waals surface area contributed by atoms with Crippen molar-refractivity contribution in [3.63, 3.8) is 0 Å². The number of fused-ring (bicyclic) bond motifs is 1. The summed E-state index contributed by atoms with van der Waals surface area (Å²) in [7, 11) is 0. The number of nitrogens with zero attached hydrogens (tertiary/aromatic N) is 2. The molecule has 1 aliphatic rings. The Balaban J connectivity index is 1.65. The lowest BCUT2D eigenvalue weighted by atomic mass is 10.1. The Bertz CT molecular complexity index is 650. The van der Waals surface area contributed by atoms with Crippen molar-refractivity contribution in [2.75, 3.05) is 0 Å². The third-order valence-electron chi connectivity index (χ3n) is 3.38. The highest BCUT2D eigenvalue weighted by molar-refractivity contribution is 6.04. The Hall–Kier alpha value is -2.49. The molecular weight excluding hydrogens is 250 g/mol. The fraction of sp³-hybridized carbons (Fsp3) is 0.188. The number of nitrogens with one attached hydrogen (secondary N) is 1. The lowest BCUT2D eigenvalue weighted by Crippen LogP contribution is -2.41. The van der Waals surface area contributed by atoms with Crippen LogP contribution in [0.15, 0.2) is 60.0 Å². The first-order valence-corrected chi connectivity index (χ1v) is 6.71. The van der Waals surface area contributed by atoms with E-state index in [1.54, 1.807) is 0 Å². The first-order chi connectivity index (χ1) is 9.83. The van der Waals surface area contributed by atoms with Crippen molar-refractivity contribution in [2.45, 2.75) is 19.4 Å². The van der Waals surface area contributed by atoms with Gasteiger partial charge in [0, 0.05) is 17.7 Å². The normalized spacial score (nSPS) is 15.1. The van der Waals surface area contributed by atoms with E-state index in [9.17, 15) is 4.79 Å². The van der Waals surface area contributed by atoms with Crippen molar-refractivity contribution < 1.29 is 9.36 Å². The molecule has 20 heavy (non-hydrogen) atoms. The number of rotatable bonds is 3. The summed E-state index contributed by atoms with van der Waals surface area (Å²) in [6, 6.07) is 13.9. The number of hydrogen-bond acceptors (Lipinski definition) is 2. The van der Waals surface area contributed by atoms with Crippen LogP contribution in [-0.4, -0.2) is 11.6 Å². The summed E-state index contributed by atoms with van der Waals surface area (Å²) < 4.78 is 1.82. The Morgan fingerprint density at radius 3 is 2.75 bits per heavy atom. The summed E-state index contributed by atoms with van der Waals surface area (Å²) in [5.74, 6) is -0.113. The molecule has 0 atom stereocenters. The molecule has 0 saturated carbocycles. The van der Waals surface area contributed by atoms with Gasteiger partial charge in [0.15, 0.2) is 12.4 Å². The summed E-state index contributed by atoms with van der Waals surface area (Å²) in [6.07, 6.45) is 5.60. The predicted molar refractivity (Wildman–Crippen MR) is 76.1 cm³/mol. The molecule has 0 saturated heterocycles. The van der Waals surface area contributed by atoms with Gasteiger partial charge in [-0.1, -0.05) is 30.3 Å². The fourth-order valence-corrected chi connectivity index (χ4v) is 2.39. The van der Waals surface area contributed by atoms with Crippen LogP contribution in [0.4, 0.5) is 0 Å².